The molecule has 0 saturated carbocycles. The van der Waals surface area contributed by atoms with Gasteiger partial charge in [-0.15, -0.1) is 0 Å². The molecule has 1 atom stereocenters. The minimum absolute atomic E-state index is 0.114. The second-order valence-corrected chi connectivity index (χ2v) is 10.1. The molecule has 1 aliphatic heterocycles. The second-order valence-electron chi connectivity index (χ2n) is 9.26. The number of aliphatic hydroxyl groups is 1. The Balaban J connectivity index is 1.39. The fraction of sp³-hybridized carbons (Fsp3) is 0.280. The number of rotatable bonds is 6. The van der Waals surface area contributed by atoms with Gasteiger partial charge in [0.15, 0.2) is 5.65 Å². The summed E-state index contributed by atoms with van der Waals surface area (Å²) in [6.45, 7) is 1.73. The minimum atomic E-state index is -0.594. The third kappa shape index (κ3) is 4.57. The Morgan fingerprint density at radius 1 is 1.19 bits per heavy atom. The largest absolute Gasteiger partial charge is 0.394 e. The molecule has 4 N–H and O–H groups in total. The van der Waals surface area contributed by atoms with Gasteiger partial charge in [-0.2, -0.15) is 4.98 Å². The highest BCUT2D eigenvalue weighted by atomic mass is 35.5. The lowest BCUT2D eigenvalue weighted by Crippen LogP contribution is -2.49. The van der Waals surface area contributed by atoms with Gasteiger partial charge >= 0.3 is 5.69 Å². The number of aromatic amines is 1. The number of hydrogen-bond donors (Lipinski definition) is 4. The number of aliphatic hydroxyl groups excluding tert-OH is 1. The molecule has 1 aliphatic rings. The number of anilines is 3. The van der Waals surface area contributed by atoms with Crippen molar-refractivity contribution in [2.24, 2.45) is 0 Å². The molecule has 0 radical (unpaired) electrons. The van der Waals surface area contributed by atoms with Crippen molar-refractivity contribution in [1.29, 1.82) is 5.41 Å². The van der Waals surface area contributed by atoms with Gasteiger partial charge in [0.2, 0.25) is 5.95 Å². The summed E-state index contributed by atoms with van der Waals surface area (Å²) in [6.07, 6.45) is 2.36. The van der Waals surface area contributed by atoms with Crippen LogP contribution in [0.1, 0.15) is 6.42 Å². The van der Waals surface area contributed by atoms with E-state index in [-0.39, 0.29) is 45.0 Å². The Morgan fingerprint density at radius 3 is 2.51 bits per heavy atom. The Morgan fingerprint density at radius 2 is 1.89 bits per heavy atom. The Hall–Kier alpha value is -3.44. The third-order valence-electron chi connectivity index (χ3n) is 6.92. The van der Waals surface area contributed by atoms with E-state index in [9.17, 15) is 9.90 Å². The van der Waals surface area contributed by atoms with Gasteiger partial charge in [-0.1, -0.05) is 29.3 Å². The molecule has 1 saturated heterocycles. The summed E-state index contributed by atoms with van der Waals surface area (Å²) in [5, 5.41) is 22.5. The summed E-state index contributed by atoms with van der Waals surface area (Å²) in [5.74, 6) is 0.275. The SMILES string of the molecule is CN(C)C1(CO)CCN(c2ccc(Nc3ncc4c(=N)n(-c5c(Cl)cccc5Cl)c(=O)[nH]c4n3)cc2)C1. The zero-order valence-electron chi connectivity index (χ0n) is 20.3. The highest BCUT2D eigenvalue weighted by molar-refractivity contribution is 6.37. The molecule has 0 bridgehead atoms. The highest BCUT2D eigenvalue weighted by Gasteiger charge is 2.39. The lowest BCUT2D eigenvalue weighted by Gasteiger charge is -2.34. The van der Waals surface area contributed by atoms with Crippen molar-refractivity contribution in [1.82, 2.24) is 24.4 Å². The van der Waals surface area contributed by atoms with Gasteiger partial charge in [-0.05, 0) is 56.9 Å². The number of benzene rings is 2. The molecule has 3 heterocycles. The first-order chi connectivity index (χ1) is 17.7. The summed E-state index contributed by atoms with van der Waals surface area (Å²) in [6, 6.07) is 12.7. The molecule has 0 spiro atoms. The van der Waals surface area contributed by atoms with E-state index in [1.165, 1.54) is 6.20 Å². The van der Waals surface area contributed by atoms with E-state index < -0.39 is 5.69 Å². The van der Waals surface area contributed by atoms with E-state index in [4.69, 9.17) is 28.6 Å². The van der Waals surface area contributed by atoms with Crippen LogP contribution < -0.4 is 21.4 Å². The van der Waals surface area contributed by atoms with E-state index in [0.717, 1.165) is 35.5 Å². The minimum Gasteiger partial charge on any atom is -0.394 e. The number of halogens is 2. The number of para-hydroxylation sites is 1. The molecule has 0 aliphatic carbocycles. The van der Waals surface area contributed by atoms with E-state index in [2.05, 4.69) is 30.1 Å². The zero-order valence-corrected chi connectivity index (χ0v) is 21.8. The number of likely N-dealkylation sites (N-methyl/N-ethyl adjacent to an activating group) is 1. The maximum absolute atomic E-state index is 12.9. The second kappa shape index (κ2) is 9.79. The van der Waals surface area contributed by atoms with Gasteiger partial charge in [-0.3, -0.25) is 15.3 Å². The number of nitrogens with zero attached hydrogens (tertiary/aromatic N) is 5. The van der Waals surface area contributed by atoms with Crippen LogP contribution in [0.25, 0.3) is 16.7 Å². The van der Waals surface area contributed by atoms with Crippen molar-refractivity contribution in [3.8, 4) is 5.69 Å². The molecular formula is C25H26Cl2N8O2. The first kappa shape index (κ1) is 25.2. The van der Waals surface area contributed by atoms with Crippen LogP contribution in [0.2, 0.25) is 10.0 Å². The Kier molecular flexibility index (Phi) is 6.67. The van der Waals surface area contributed by atoms with Gasteiger partial charge in [0.25, 0.3) is 0 Å². The molecule has 10 nitrogen and oxygen atoms in total. The Bertz CT molecular complexity index is 1560. The van der Waals surface area contributed by atoms with Crippen molar-refractivity contribution in [2.75, 3.05) is 44.0 Å². The fourth-order valence-electron chi connectivity index (χ4n) is 4.60. The zero-order chi connectivity index (χ0) is 26.3. The van der Waals surface area contributed by atoms with Crippen molar-refractivity contribution < 1.29 is 5.11 Å². The molecule has 12 heteroatoms. The Labute approximate surface area is 222 Å². The topological polar surface area (TPSA) is 126 Å². The number of fused-ring (bicyclic) bond motifs is 1. The predicted octanol–water partition coefficient (Wildman–Crippen LogP) is 3.14. The van der Waals surface area contributed by atoms with Gasteiger partial charge in [-0.25, -0.2) is 14.3 Å². The summed E-state index contributed by atoms with van der Waals surface area (Å²) in [7, 11) is 4.00. The van der Waals surface area contributed by atoms with E-state index in [1.807, 2.05) is 38.4 Å². The predicted molar refractivity (Wildman–Crippen MR) is 145 cm³/mol. The third-order valence-corrected chi connectivity index (χ3v) is 7.53. The average Bonchev–Trinajstić information content (AvgIpc) is 3.32. The highest BCUT2D eigenvalue weighted by Crippen LogP contribution is 2.31. The average molecular weight is 541 g/mol. The van der Waals surface area contributed by atoms with Crippen LogP contribution in [-0.4, -0.2) is 68.9 Å². The lowest BCUT2D eigenvalue weighted by atomic mass is 9.99. The van der Waals surface area contributed by atoms with Crippen LogP contribution in [0.4, 0.5) is 17.3 Å². The van der Waals surface area contributed by atoms with E-state index >= 15 is 0 Å². The van der Waals surface area contributed by atoms with Gasteiger partial charge in [0.05, 0.1) is 33.3 Å². The standard InChI is InChI=1S/C25H26Cl2N8O2/c1-33(2)25(14-36)10-11-34(13-25)16-8-6-15(7-9-16)30-23-29-12-17-21(28)35(24(37)32-22(17)31-23)20-18(26)4-3-5-19(20)27/h3-9,12,28,36H,10-11,13-14H2,1-2H3,(H2,29,30,31,32,37). The van der Waals surface area contributed by atoms with Gasteiger partial charge in [0, 0.05) is 30.7 Å². The summed E-state index contributed by atoms with van der Waals surface area (Å²) in [4.78, 5) is 28.6. The molecule has 0 amide bonds. The first-order valence-corrected chi connectivity index (χ1v) is 12.4. The molecule has 2 aromatic heterocycles. The van der Waals surface area contributed by atoms with Crippen molar-refractivity contribution in [2.45, 2.75) is 12.0 Å². The van der Waals surface area contributed by atoms with Crippen LogP contribution >= 0.6 is 23.2 Å². The molecule has 37 heavy (non-hydrogen) atoms. The number of hydrogen-bond acceptors (Lipinski definition) is 8. The fourth-order valence-corrected chi connectivity index (χ4v) is 5.17. The summed E-state index contributed by atoms with van der Waals surface area (Å²) in [5.41, 5.74) is 1.30. The quantitative estimate of drug-likeness (QED) is 0.296. The monoisotopic (exact) mass is 540 g/mol. The summed E-state index contributed by atoms with van der Waals surface area (Å²) < 4.78 is 1.10. The van der Waals surface area contributed by atoms with Crippen LogP contribution in [0.15, 0.2) is 53.5 Å². The molecule has 4 aromatic rings. The number of aromatic nitrogens is 4. The van der Waals surface area contributed by atoms with Crippen LogP contribution in [0.5, 0.6) is 0 Å². The molecule has 1 fully saturated rings. The molecular weight excluding hydrogens is 515 g/mol. The maximum atomic E-state index is 12.9. The van der Waals surface area contributed by atoms with Gasteiger partial charge < -0.3 is 15.3 Å². The van der Waals surface area contributed by atoms with Crippen LogP contribution in [-0.2, 0) is 0 Å². The van der Waals surface area contributed by atoms with Crippen molar-refractivity contribution in [3.05, 3.63) is 74.7 Å². The molecule has 1 unspecified atom stereocenters. The number of H-pyrrole nitrogens is 1. The lowest BCUT2D eigenvalue weighted by molar-refractivity contribution is 0.0867. The summed E-state index contributed by atoms with van der Waals surface area (Å²) >= 11 is 12.5. The van der Waals surface area contributed by atoms with Crippen molar-refractivity contribution in [3.63, 3.8) is 0 Å². The maximum Gasteiger partial charge on any atom is 0.333 e. The smallest absolute Gasteiger partial charge is 0.333 e. The van der Waals surface area contributed by atoms with Crippen LogP contribution in [0, 0.1) is 5.41 Å². The van der Waals surface area contributed by atoms with Gasteiger partial charge in [0.1, 0.15) is 5.49 Å². The van der Waals surface area contributed by atoms with E-state index in [0.29, 0.717) is 5.39 Å². The molecule has 192 valence electrons. The van der Waals surface area contributed by atoms with Crippen molar-refractivity contribution >= 4 is 51.6 Å². The molecule has 5 rings (SSSR count). The molecule has 2 aromatic carbocycles. The number of nitrogens with one attached hydrogen (secondary N) is 3. The first-order valence-electron chi connectivity index (χ1n) is 11.6. The van der Waals surface area contributed by atoms with E-state index in [1.54, 1.807) is 18.2 Å². The normalized spacial score (nSPS) is 17.6. The van der Waals surface area contributed by atoms with Crippen LogP contribution in [0.3, 0.4) is 0 Å².